The maximum Gasteiger partial charge on any atom is 0.335 e. The second kappa shape index (κ2) is 3.08. The third-order valence-corrected chi connectivity index (χ3v) is 3.39. The van der Waals surface area contributed by atoms with Gasteiger partial charge in [0.15, 0.2) is 0 Å². The zero-order valence-electron chi connectivity index (χ0n) is 6.99. The van der Waals surface area contributed by atoms with Crippen LogP contribution in [0.5, 0.6) is 0 Å². The van der Waals surface area contributed by atoms with Gasteiger partial charge in [-0.05, 0) is 0 Å². The molecule has 0 aromatic heterocycles. The topological polar surface area (TPSA) is 55.8 Å². The van der Waals surface area contributed by atoms with Crippen LogP contribution in [0.15, 0.2) is 10.1 Å². The van der Waals surface area contributed by atoms with Crippen molar-refractivity contribution in [1.82, 2.24) is 0 Å². The molecule has 0 aromatic carbocycles. The SMILES string of the molecule is CO[C@@H]1C[C@@H]2O[C@H]1C(C(=O)O)=C2Br. The Morgan fingerprint density at radius 2 is 2.46 bits per heavy atom. The van der Waals surface area contributed by atoms with Crippen LogP contribution in [-0.4, -0.2) is 36.5 Å². The van der Waals surface area contributed by atoms with Gasteiger partial charge in [-0.3, -0.25) is 0 Å². The summed E-state index contributed by atoms with van der Waals surface area (Å²) in [5.41, 5.74) is 0.308. The maximum atomic E-state index is 10.8. The molecule has 0 unspecified atom stereocenters. The molecular formula is C8H9BrO4. The van der Waals surface area contributed by atoms with Crippen LogP contribution < -0.4 is 0 Å². The van der Waals surface area contributed by atoms with E-state index in [1.165, 1.54) is 0 Å². The second-order valence-electron chi connectivity index (χ2n) is 3.12. The Labute approximate surface area is 83.6 Å². The summed E-state index contributed by atoms with van der Waals surface area (Å²) in [5.74, 6) is -0.930. The largest absolute Gasteiger partial charge is 0.478 e. The third kappa shape index (κ3) is 1.22. The van der Waals surface area contributed by atoms with Crippen molar-refractivity contribution in [3.05, 3.63) is 10.1 Å². The van der Waals surface area contributed by atoms with Gasteiger partial charge in [0.25, 0.3) is 0 Å². The highest BCUT2D eigenvalue weighted by atomic mass is 79.9. The number of rotatable bonds is 2. The van der Waals surface area contributed by atoms with Gasteiger partial charge in [0, 0.05) is 18.0 Å². The molecule has 2 bridgehead atoms. The molecule has 13 heavy (non-hydrogen) atoms. The van der Waals surface area contributed by atoms with Crippen LogP contribution in [0.3, 0.4) is 0 Å². The van der Waals surface area contributed by atoms with Gasteiger partial charge in [0.2, 0.25) is 0 Å². The van der Waals surface area contributed by atoms with Crippen molar-refractivity contribution in [2.24, 2.45) is 0 Å². The molecule has 0 spiro atoms. The molecule has 0 aromatic rings. The van der Waals surface area contributed by atoms with Gasteiger partial charge in [-0.1, -0.05) is 15.9 Å². The Hall–Kier alpha value is -0.390. The lowest BCUT2D eigenvalue weighted by molar-refractivity contribution is -0.134. The fourth-order valence-corrected chi connectivity index (χ4v) is 2.51. The molecular weight excluding hydrogens is 240 g/mol. The summed E-state index contributed by atoms with van der Waals surface area (Å²) in [5, 5.41) is 8.90. The molecule has 2 aliphatic heterocycles. The Morgan fingerprint density at radius 3 is 2.92 bits per heavy atom. The van der Waals surface area contributed by atoms with Crippen molar-refractivity contribution in [2.75, 3.05) is 7.11 Å². The number of ether oxygens (including phenoxy) is 2. The fraction of sp³-hybridized carbons (Fsp3) is 0.625. The van der Waals surface area contributed by atoms with Gasteiger partial charge in [0.1, 0.15) is 6.10 Å². The summed E-state index contributed by atoms with van der Waals surface area (Å²) >= 11 is 3.24. The van der Waals surface area contributed by atoms with Crippen LogP contribution in [0.25, 0.3) is 0 Å². The minimum absolute atomic E-state index is 0.114. The van der Waals surface area contributed by atoms with Crippen molar-refractivity contribution >= 4 is 21.9 Å². The van der Waals surface area contributed by atoms with Crippen LogP contribution in [0.1, 0.15) is 6.42 Å². The normalized spacial score (nSPS) is 37.2. The van der Waals surface area contributed by atoms with Gasteiger partial charge >= 0.3 is 5.97 Å². The Morgan fingerprint density at radius 1 is 1.77 bits per heavy atom. The number of halogens is 1. The highest BCUT2D eigenvalue weighted by Gasteiger charge is 2.49. The smallest absolute Gasteiger partial charge is 0.335 e. The number of aliphatic carboxylic acids is 1. The van der Waals surface area contributed by atoms with Gasteiger partial charge in [-0.15, -0.1) is 0 Å². The van der Waals surface area contributed by atoms with Gasteiger partial charge in [-0.25, -0.2) is 4.79 Å². The standard InChI is InChI=1S/C8H9BrO4/c1-12-4-2-3-6(9)5(8(10)11)7(4)13-3/h3-4,7H,2H2,1H3,(H,10,11)/t3-,4+,7+/m0/s1. The molecule has 1 N–H and O–H groups in total. The van der Waals surface area contributed by atoms with Gasteiger partial charge in [0.05, 0.1) is 17.8 Å². The first kappa shape index (κ1) is 9.18. The molecule has 1 saturated heterocycles. The molecule has 3 atom stereocenters. The minimum atomic E-state index is -0.930. The van der Waals surface area contributed by atoms with E-state index in [2.05, 4.69) is 15.9 Å². The Bertz CT molecular complexity index is 286. The number of hydrogen-bond acceptors (Lipinski definition) is 3. The molecule has 2 aliphatic rings. The number of hydrogen-bond donors (Lipinski definition) is 1. The highest BCUT2D eigenvalue weighted by Crippen LogP contribution is 2.43. The predicted molar refractivity (Wildman–Crippen MR) is 47.7 cm³/mol. The van der Waals surface area contributed by atoms with Crippen molar-refractivity contribution in [1.29, 1.82) is 0 Å². The van der Waals surface area contributed by atoms with E-state index in [0.717, 1.165) is 6.42 Å². The summed E-state index contributed by atoms with van der Waals surface area (Å²) in [4.78, 5) is 10.8. The highest BCUT2D eigenvalue weighted by molar-refractivity contribution is 9.11. The van der Waals surface area contributed by atoms with E-state index in [4.69, 9.17) is 14.6 Å². The molecule has 0 saturated carbocycles. The molecule has 4 nitrogen and oxygen atoms in total. The van der Waals surface area contributed by atoms with Crippen molar-refractivity contribution in [3.8, 4) is 0 Å². The molecule has 2 heterocycles. The summed E-state index contributed by atoms with van der Waals surface area (Å²) in [7, 11) is 1.57. The van der Waals surface area contributed by atoms with Crippen LogP contribution in [0, 0.1) is 0 Å². The zero-order valence-corrected chi connectivity index (χ0v) is 8.58. The summed E-state index contributed by atoms with van der Waals surface area (Å²) in [6, 6.07) is 0. The third-order valence-electron chi connectivity index (χ3n) is 2.45. The van der Waals surface area contributed by atoms with E-state index in [1.54, 1.807) is 7.11 Å². The number of methoxy groups -OCH3 is 1. The predicted octanol–water partition coefficient (Wildman–Crippen LogP) is 0.906. The fourth-order valence-electron chi connectivity index (χ4n) is 1.82. The van der Waals surface area contributed by atoms with Crippen LogP contribution in [-0.2, 0) is 14.3 Å². The van der Waals surface area contributed by atoms with E-state index in [-0.39, 0.29) is 12.2 Å². The molecule has 0 aliphatic carbocycles. The maximum absolute atomic E-state index is 10.8. The quantitative estimate of drug-likeness (QED) is 0.790. The van der Waals surface area contributed by atoms with Gasteiger partial charge < -0.3 is 14.6 Å². The van der Waals surface area contributed by atoms with Crippen LogP contribution in [0.2, 0.25) is 0 Å². The summed E-state index contributed by atoms with van der Waals surface area (Å²) in [6.07, 6.45) is 0.0961. The first-order chi connectivity index (χ1) is 6.15. The lowest BCUT2D eigenvalue weighted by atomic mass is 9.97. The Balaban J connectivity index is 2.31. The number of carboxylic acids is 1. The molecule has 2 rings (SSSR count). The summed E-state index contributed by atoms with van der Waals surface area (Å²) in [6.45, 7) is 0. The second-order valence-corrected chi connectivity index (χ2v) is 3.98. The average molecular weight is 249 g/mol. The van der Waals surface area contributed by atoms with Crippen LogP contribution >= 0.6 is 15.9 Å². The van der Waals surface area contributed by atoms with Crippen molar-refractivity contribution < 1.29 is 19.4 Å². The monoisotopic (exact) mass is 248 g/mol. The lowest BCUT2D eigenvalue weighted by Gasteiger charge is -2.18. The number of fused-ring (bicyclic) bond motifs is 2. The zero-order chi connectivity index (χ0) is 9.59. The van der Waals surface area contributed by atoms with E-state index in [9.17, 15) is 4.79 Å². The first-order valence-corrected chi connectivity index (χ1v) is 4.75. The van der Waals surface area contributed by atoms with Crippen molar-refractivity contribution in [2.45, 2.75) is 24.7 Å². The van der Waals surface area contributed by atoms with Crippen molar-refractivity contribution in [3.63, 3.8) is 0 Å². The summed E-state index contributed by atoms with van der Waals surface area (Å²) < 4.78 is 11.2. The van der Waals surface area contributed by atoms with Gasteiger partial charge in [-0.2, -0.15) is 0 Å². The van der Waals surface area contributed by atoms with E-state index < -0.39 is 12.1 Å². The van der Waals surface area contributed by atoms with E-state index in [0.29, 0.717) is 10.1 Å². The first-order valence-electron chi connectivity index (χ1n) is 3.96. The van der Waals surface area contributed by atoms with E-state index >= 15 is 0 Å². The number of carbonyl (C=O) groups is 1. The average Bonchev–Trinajstić information content (AvgIpc) is 2.59. The number of carboxylic acid groups (broad SMARTS) is 1. The molecule has 0 amide bonds. The molecule has 72 valence electrons. The Kier molecular flexibility index (Phi) is 2.17. The van der Waals surface area contributed by atoms with E-state index in [1.807, 2.05) is 0 Å². The molecule has 5 heteroatoms. The lowest BCUT2D eigenvalue weighted by Crippen LogP contribution is -2.29. The molecule has 1 fully saturated rings. The molecule has 0 radical (unpaired) electrons. The van der Waals surface area contributed by atoms with Crippen LogP contribution in [0.4, 0.5) is 0 Å². The minimum Gasteiger partial charge on any atom is -0.478 e.